The van der Waals surface area contributed by atoms with Crippen molar-refractivity contribution in [2.24, 2.45) is 0 Å². The van der Waals surface area contributed by atoms with Crippen LogP contribution in [0.2, 0.25) is 0 Å². The Morgan fingerprint density at radius 2 is 1.15 bits per heavy atom. The monoisotopic (exact) mass is 555 g/mol. The van der Waals surface area contributed by atoms with Crippen LogP contribution in [-0.4, -0.2) is 130 Å². The highest BCUT2D eigenvalue weighted by atomic mass is 16.4. The highest BCUT2D eigenvalue weighted by Crippen LogP contribution is 2.18. The number of hydrogen-bond acceptors (Lipinski definition) is 10. The lowest BCUT2D eigenvalue weighted by Crippen LogP contribution is -2.48. The molecule has 13 nitrogen and oxygen atoms in total. The second kappa shape index (κ2) is 13.4. The average Bonchev–Trinajstić information content (AvgIpc) is 2.89. The maximum atomic E-state index is 12.9. The molecular formula is C27H33N5O8. The number of nitrogens with zero attached hydrogens (tertiary/aromatic N) is 5. The van der Waals surface area contributed by atoms with Crippen LogP contribution in [0, 0.1) is 0 Å². The number of carboxylic acid groups (broad SMARTS) is 3. The highest BCUT2D eigenvalue weighted by Gasteiger charge is 2.21. The quantitative estimate of drug-likeness (QED) is 0.325. The first-order valence-corrected chi connectivity index (χ1v) is 13.0. The molecule has 0 saturated carbocycles. The van der Waals surface area contributed by atoms with E-state index >= 15 is 0 Å². The van der Waals surface area contributed by atoms with Gasteiger partial charge in [0.15, 0.2) is 0 Å². The molecule has 40 heavy (non-hydrogen) atoms. The molecule has 3 heterocycles. The van der Waals surface area contributed by atoms with Gasteiger partial charge in [0, 0.05) is 58.9 Å². The maximum Gasteiger partial charge on any atom is 0.317 e. The first-order valence-electron chi connectivity index (χ1n) is 13.0. The van der Waals surface area contributed by atoms with Crippen molar-refractivity contribution in [3.63, 3.8) is 0 Å². The van der Waals surface area contributed by atoms with Gasteiger partial charge in [0.1, 0.15) is 5.58 Å². The Labute approximate surface area is 229 Å². The molecule has 0 atom stereocenters. The molecule has 214 valence electrons. The number of carbonyl (C=O) groups is 3. The predicted molar refractivity (Wildman–Crippen MR) is 145 cm³/mol. The molecule has 0 amide bonds. The molecule has 1 aliphatic heterocycles. The van der Waals surface area contributed by atoms with E-state index in [0.29, 0.717) is 81.0 Å². The number of fused-ring (bicyclic) bond motifs is 2. The molecule has 1 saturated heterocycles. The zero-order valence-corrected chi connectivity index (χ0v) is 22.1. The molecule has 0 bridgehead atoms. The van der Waals surface area contributed by atoms with E-state index in [1.165, 1.54) is 0 Å². The summed E-state index contributed by atoms with van der Waals surface area (Å²) < 4.78 is 5.90. The summed E-state index contributed by atoms with van der Waals surface area (Å²) in [5.41, 5.74) is 1.17. The Balaban J connectivity index is 1.56. The van der Waals surface area contributed by atoms with Gasteiger partial charge in [-0.2, -0.15) is 0 Å². The van der Waals surface area contributed by atoms with E-state index in [-0.39, 0.29) is 30.8 Å². The van der Waals surface area contributed by atoms with E-state index in [0.717, 1.165) is 0 Å². The maximum absolute atomic E-state index is 12.9. The van der Waals surface area contributed by atoms with E-state index in [1.807, 2.05) is 0 Å². The van der Waals surface area contributed by atoms with Crippen LogP contribution in [0.15, 0.2) is 45.6 Å². The first-order chi connectivity index (χ1) is 19.2. The number of aliphatic carboxylic acids is 3. The summed E-state index contributed by atoms with van der Waals surface area (Å²) in [5, 5.41) is 29.0. The molecule has 4 rings (SSSR count). The molecule has 13 heteroatoms. The predicted octanol–water partition coefficient (Wildman–Crippen LogP) is 0.317. The van der Waals surface area contributed by atoms with Crippen LogP contribution in [0.4, 0.5) is 0 Å². The normalized spacial score (nSPS) is 17.4. The van der Waals surface area contributed by atoms with Gasteiger partial charge in [0.25, 0.3) is 0 Å². The lowest BCUT2D eigenvalue weighted by atomic mass is 10.2. The standard InChI is InChI=1S/C27H33N5O8/c33-23(34)16-30-9-7-29(8-10-31(17-24(35)36)12-14-32(13-11-30)18-25(37)38)15-19-5-6-21-26(39)20-3-1-2-4-22(20)40-27(21)28-19/h1-6H,7-18H2,(H,33,34)(H,35,36)(H,37,38). The third kappa shape index (κ3) is 8.05. The number of benzene rings is 1. The van der Waals surface area contributed by atoms with Gasteiger partial charge in [-0.1, -0.05) is 12.1 Å². The van der Waals surface area contributed by atoms with E-state index in [1.54, 1.807) is 51.1 Å². The van der Waals surface area contributed by atoms with Crippen molar-refractivity contribution in [3.8, 4) is 0 Å². The summed E-state index contributed by atoms with van der Waals surface area (Å²) in [6.07, 6.45) is 0. The number of pyridine rings is 1. The summed E-state index contributed by atoms with van der Waals surface area (Å²) in [7, 11) is 0. The molecular weight excluding hydrogens is 522 g/mol. The van der Waals surface area contributed by atoms with Gasteiger partial charge in [-0.3, -0.25) is 38.8 Å². The zero-order valence-electron chi connectivity index (χ0n) is 22.1. The lowest BCUT2D eigenvalue weighted by molar-refractivity contribution is -0.140. The Morgan fingerprint density at radius 3 is 1.65 bits per heavy atom. The molecule has 0 aliphatic carbocycles. The van der Waals surface area contributed by atoms with Gasteiger partial charge < -0.3 is 19.7 Å². The minimum Gasteiger partial charge on any atom is -0.480 e. The Kier molecular flexibility index (Phi) is 9.77. The van der Waals surface area contributed by atoms with E-state index in [2.05, 4.69) is 9.88 Å². The molecule has 3 aromatic rings. The van der Waals surface area contributed by atoms with Crippen LogP contribution in [0.3, 0.4) is 0 Å². The Hall–Kier alpha value is -3.91. The Bertz CT molecular complexity index is 1400. The van der Waals surface area contributed by atoms with Crippen molar-refractivity contribution in [1.82, 2.24) is 24.6 Å². The molecule has 1 fully saturated rings. The summed E-state index contributed by atoms with van der Waals surface area (Å²) in [6, 6.07) is 10.4. The van der Waals surface area contributed by atoms with E-state index < -0.39 is 17.9 Å². The van der Waals surface area contributed by atoms with Crippen molar-refractivity contribution in [1.29, 1.82) is 0 Å². The van der Waals surface area contributed by atoms with Crippen molar-refractivity contribution in [2.45, 2.75) is 6.54 Å². The zero-order chi connectivity index (χ0) is 28.6. The fourth-order valence-electron chi connectivity index (χ4n) is 4.82. The number of rotatable bonds is 8. The van der Waals surface area contributed by atoms with Crippen LogP contribution < -0.4 is 5.43 Å². The van der Waals surface area contributed by atoms with Crippen LogP contribution in [0.25, 0.3) is 22.1 Å². The lowest BCUT2D eigenvalue weighted by Gasteiger charge is -2.33. The first kappa shape index (κ1) is 29.1. The van der Waals surface area contributed by atoms with Crippen molar-refractivity contribution in [3.05, 3.63) is 52.3 Å². The average molecular weight is 556 g/mol. The minimum atomic E-state index is -1.00. The molecule has 0 unspecified atom stereocenters. The largest absolute Gasteiger partial charge is 0.480 e. The second-order valence-corrected chi connectivity index (χ2v) is 9.87. The molecule has 2 aromatic heterocycles. The summed E-state index contributed by atoms with van der Waals surface area (Å²) in [4.78, 5) is 59.1. The molecule has 0 spiro atoms. The number of hydrogen-bond donors (Lipinski definition) is 3. The van der Waals surface area contributed by atoms with Crippen LogP contribution in [0.5, 0.6) is 0 Å². The topological polar surface area (TPSA) is 168 Å². The number of para-hydroxylation sites is 1. The van der Waals surface area contributed by atoms with E-state index in [9.17, 15) is 34.5 Å². The van der Waals surface area contributed by atoms with Crippen molar-refractivity contribution in [2.75, 3.05) is 72.0 Å². The van der Waals surface area contributed by atoms with Gasteiger partial charge in [-0.15, -0.1) is 0 Å². The summed E-state index contributed by atoms with van der Waals surface area (Å²) in [5.74, 6) is -2.96. The van der Waals surface area contributed by atoms with Gasteiger partial charge in [0.2, 0.25) is 11.1 Å². The molecule has 1 aliphatic rings. The smallest absolute Gasteiger partial charge is 0.317 e. The minimum absolute atomic E-state index is 0.159. The van der Waals surface area contributed by atoms with Crippen LogP contribution >= 0.6 is 0 Å². The van der Waals surface area contributed by atoms with Gasteiger partial charge in [0.05, 0.1) is 36.1 Å². The molecule has 0 radical (unpaired) electrons. The number of aromatic nitrogens is 1. The van der Waals surface area contributed by atoms with Gasteiger partial charge >= 0.3 is 17.9 Å². The highest BCUT2D eigenvalue weighted by molar-refractivity contribution is 5.87. The SMILES string of the molecule is O=C(O)CN1CCN(CC(=O)O)CCN(Cc2ccc3c(=O)c4ccccc4oc3n2)CCN(CC(=O)O)CC1. The third-order valence-electron chi connectivity index (χ3n) is 6.89. The summed E-state index contributed by atoms with van der Waals surface area (Å²) in [6.45, 7) is 2.88. The molecule has 1 aromatic carbocycles. The van der Waals surface area contributed by atoms with Crippen molar-refractivity contribution >= 4 is 40.0 Å². The fraction of sp³-hybridized carbons (Fsp3) is 0.444. The molecule has 3 N–H and O–H groups in total. The number of carboxylic acids is 3. The van der Waals surface area contributed by atoms with Gasteiger partial charge in [-0.05, 0) is 24.3 Å². The van der Waals surface area contributed by atoms with Crippen LogP contribution in [0.1, 0.15) is 5.69 Å². The second-order valence-electron chi connectivity index (χ2n) is 9.87. The van der Waals surface area contributed by atoms with Crippen molar-refractivity contribution < 1.29 is 34.1 Å². The Morgan fingerprint density at radius 1 is 0.675 bits per heavy atom. The van der Waals surface area contributed by atoms with Crippen LogP contribution in [-0.2, 0) is 20.9 Å². The van der Waals surface area contributed by atoms with E-state index in [4.69, 9.17) is 4.42 Å². The fourth-order valence-corrected chi connectivity index (χ4v) is 4.82. The summed E-state index contributed by atoms with van der Waals surface area (Å²) >= 11 is 0. The van der Waals surface area contributed by atoms with Gasteiger partial charge in [-0.25, -0.2) is 4.98 Å². The third-order valence-corrected chi connectivity index (χ3v) is 6.89.